The van der Waals surface area contributed by atoms with E-state index in [2.05, 4.69) is 5.32 Å². The number of nitrogens with one attached hydrogen (secondary N) is 1. The van der Waals surface area contributed by atoms with Gasteiger partial charge in [-0.2, -0.15) is 0 Å². The number of halogens is 1. The van der Waals surface area contributed by atoms with Crippen molar-refractivity contribution < 1.29 is 9.53 Å². The summed E-state index contributed by atoms with van der Waals surface area (Å²) >= 11 is 6.10. The Hall–Kier alpha value is -1.06. The first-order valence-corrected chi connectivity index (χ1v) is 7.25. The summed E-state index contributed by atoms with van der Waals surface area (Å²) in [6.45, 7) is 2.19. The summed E-state index contributed by atoms with van der Waals surface area (Å²) in [5, 5.41) is 2.22. The highest BCUT2D eigenvalue weighted by Gasteiger charge is 2.21. The number of carbonyl (C=O) groups is 1. The van der Waals surface area contributed by atoms with Crippen LogP contribution in [0.15, 0.2) is 30.3 Å². The molecule has 1 fully saturated rings. The number of hydrogen-bond acceptors (Lipinski definition) is 2. The van der Waals surface area contributed by atoms with Gasteiger partial charge in [0.2, 0.25) is 5.91 Å². The van der Waals surface area contributed by atoms with Crippen LogP contribution in [-0.4, -0.2) is 25.7 Å². The Bertz CT molecular complexity index is 392. The van der Waals surface area contributed by atoms with E-state index in [0.717, 1.165) is 24.5 Å². The first-order valence-electron chi connectivity index (χ1n) is 6.82. The van der Waals surface area contributed by atoms with Crippen molar-refractivity contribution in [3.8, 4) is 0 Å². The molecular formula is C15H20ClNO2. The third-order valence-corrected chi connectivity index (χ3v) is 3.59. The molecule has 1 N–H and O–H groups in total. The molecule has 0 aromatic heterocycles. The largest absolute Gasteiger partial charge is 0.381 e. The van der Waals surface area contributed by atoms with Crippen LogP contribution in [0.4, 0.5) is 0 Å². The van der Waals surface area contributed by atoms with Crippen molar-refractivity contribution in [1.29, 1.82) is 0 Å². The molecule has 1 amide bonds. The van der Waals surface area contributed by atoms with Crippen LogP contribution < -0.4 is 5.32 Å². The van der Waals surface area contributed by atoms with Gasteiger partial charge in [0.05, 0.1) is 0 Å². The molecule has 1 unspecified atom stereocenters. The molecule has 1 aromatic rings. The lowest BCUT2D eigenvalue weighted by Gasteiger charge is -2.10. The minimum absolute atomic E-state index is 0.143. The molecule has 2 rings (SSSR count). The Morgan fingerprint density at radius 3 is 2.79 bits per heavy atom. The van der Waals surface area contributed by atoms with Crippen LogP contribution >= 0.6 is 11.6 Å². The molecule has 1 aliphatic carbocycles. The molecular weight excluding hydrogens is 262 g/mol. The molecule has 0 saturated heterocycles. The highest BCUT2D eigenvalue weighted by atomic mass is 35.5. The molecule has 3 nitrogen and oxygen atoms in total. The molecule has 1 aliphatic rings. The maximum Gasteiger partial charge on any atom is 0.242 e. The maximum absolute atomic E-state index is 11.8. The van der Waals surface area contributed by atoms with Crippen molar-refractivity contribution in [3.05, 3.63) is 35.9 Å². The zero-order valence-corrected chi connectivity index (χ0v) is 11.7. The number of amides is 1. The van der Waals surface area contributed by atoms with E-state index in [9.17, 15) is 4.79 Å². The van der Waals surface area contributed by atoms with Crippen LogP contribution in [0.5, 0.6) is 0 Å². The normalized spacial score (nSPS) is 16.1. The van der Waals surface area contributed by atoms with Crippen molar-refractivity contribution in [2.24, 2.45) is 5.92 Å². The van der Waals surface area contributed by atoms with Crippen LogP contribution in [0.1, 0.15) is 30.2 Å². The number of carbonyl (C=O) groups excluding carboxylic acids is 1. The summed E-state index contributed by atoms with van der Waals surface area (Å²) in [4.78, 5) is 11.8. The topological polar surface area (TPSA) is 38.3 Å². The predicted octanol–water partition coefficient (Wildman–Crippen LogP) is 2.90. The van der Waals surface area contributed by atoms with Crippen LogP contribution in [0.25, 0.3) is 0 Å². The molecule has 1 saturated carbocycles. The van der Waals surface area contributed by atoms with Crippen LogP contribution in [0.2, 0.25) is 0 Å². The Balaban J connectivity index is 1.58. The fourth-order valence-corrected chi connectivity index (χ4v) is 2.01. The number of rotatable bonds is 8. The average molecular weight is 282 g/mol. The van der Waals surface area contributed by atoms with Gasteiger partial charge in [-0.3, -0.25) is 4.79 Å². The number of ether oxygens (including phenoxy) is 1. The molecule has 0 aliphatic heterocycles. The molecule has 1 aromatic carbocycles. The summed E-state index contributed by atoms with van der Waals surface area (Å²) in [6.07, 6.45) is 3.44. The first-order chi connectivity index (χ1) is 9.27. The maximum atomic E-state index is 11.8. The smallest absolute Gasteiger partial charge is 0.242 e. The third kappa shape index (κ3) is 5.21. The minimum atomic E-state index is -0.617. The predicted molar refractivity (Wildman–Crippen MR) is 76.2 cm³/mol. The lowest BCUT2D eigenvalue weighted by atomic mass is 10.1. The Labute approximate surface area is 119 Å². The first kappa shape index (κ1) is 14.4. The monoisotopic (exact) mass is 281 g/mol. The van der Waals surface area contributed by atoms with Crippen molar-refractivity contribution >= 4 is 17.5 Å². The lowest BCUT2D eigenvalue weighted by Crippen LogP contribution is -2.28. The van der Waals surface area contributed by atoms with Crippen molar-refractivity contribution in [1.82, 2.24) is 5.32 Å². The van der Waals surface area contributed by atoms with Gasteiger partial charge < -0.3 is 10.1 Å². The van der Waals surface area contributed by atoms with Gasteiger partial charge >= 0.3 is 0 Å². The molecule has 19 heavy (non-hydrogen) atoms. The van der Waals surface area contributed by atoms with E-state index in [-0.39, 0.29) is 5.91 Å². The third-order valence-electron chi connectivity index (χ3n) is 3.14. The van der Waals surface area contributed by atoms with Crippen molar-refractivity contribution in [2.45, 2.75) is 24.6 Å². The SMILES string of the molecule is O=C(NCCCOCC1CC1)C(Cl)c1ccccc1. The van der Waals surface area contributed by atoms with Gasteiger partial charge in [0.1, 0.15) is 5.38 Å². The molecule has 0 bridgehead atoms. The summed E-state index contributed by atoms with van der Waals surface area (Å²) in [5.74, 6) is 0.648. The molecule has 4 heteroatoms. The molecule has 1 atom stereocenters. The Kier molecular flexibility index (Phi) is 5.67. The van der Waals surface area contributed by atoms with Crippen molar-refractivity contribution in [3.63, 3.8) is 0 Å². The zero-order chi connectivity index (χ0) is 13.5. The number of benzene rings is 1. The number of hydrogen-bond donors (Lipinski definition) is 1. The van der Waals surface area contributed by atoms with Gasteiger partial charge in [0.15, 0.2) is 0 Å². The fraction of sp³-hybridized carbons (Fsp3) is 0.533. The fourth-order valence-electron chi connectivity index (χ4n) is 1.78. The van der Waals surface area contributed by atoms with Gasteiger partial charge in [0, 0.05) is 19.8 Å². The second-order valence-corrected chi connectivity index (χ2v) is 5.37. The van der Waals surface area contributed by atoms with Crippen LogP contribution in [0.3, 0.4) is 0 Å². The van der Waals surface area contributed by atoms with E-state index in [1.807, 2.05) is 30.3 Å². The molecule has 104 valence electrons. The Morgan fingerprint density at radius 2 is 2.11 bits per heavy atom. The van der Waals surface area contributed by atoms with E-state index < -0.39 is 5.38 Å². The molecule has 0 spiro atoms. The lowest BCUT2D eigenvalue weighted by molar-refractivity contribution is -0.120. The highest BCUT2D eigenvalue weighted by Crippen LogP contribution is 2.28. The standard InChI is InChI=1S/C15H20ClNO2/c16-14(13-5-2-1-3-6-13)15(18)17-9-4-10-19-11-12-7-8-12/h1-3,5-6,12,14H,4,7-11H2,(H,17,18). The van der Waals surface area contributed by atoms with E-state index in [1.54, 1.807) is 0 Å². The summed E-state index contributed by atoms with van der Waals surface area (Å²) in [6, 6.07) is 9.38. The molecule has 0 radical (unpaired) electrons. The zero-order valence-electron chi connectivity index (χ0n) is 11.0. The van der Waals surface area contributed by atoms with Crippen molar-refractivity contribution in [2.75, 3.05) is 19.8 Å². The summed E-state index contributed by atoms with van der Waals surface area (Å²) in [7, 11) is 0. The quantitative estimate of drug-likeness (QED) is 0.588. The number of alkyl halides is 1. The average Bonchev–Trinajstić information content (AvgIpc) is 3.26. The van der Waals surface area contributed by atoms with E-state index in [1.165, 1.54) is 12.8 Å². The van der Waals surface area contributed by atoms with Gasteiger partial charge in [-0.15, -0.1) is 11.6 Å². The second-order valence-electron chi connectivity index (χ2n) is 4.94. The molecule has 0 heterocycles. The van der Waals surface area contributed by atoms with Gasteiger partial charge in [0.25, 0.3) is 0 Å². The Morgan fingerprint density at radius 1 is 1.37 bits per heavy atom. The van der Waals surface area contributed by atoms with Crippen LogP contribution in [0, 0.1) is 5.92 Å². The van der Waals surface area contributed by atoms with Gasteiger partial charge in [-0.1, -0.05) is 30.3 Å². The van der Waals surface area contributed by atoms with Gasteiger partial charge in [-0.05, 0) is 30.7 Å². The second kappa shape index (κ2) is 7.51. The summed E-state index contributed by atoms with van der Waals surface area (Å²) < 4.78 is 5.50. The van der Waals surface area contributed by atoms with E-state index in [0.29, 0.717) is 13.2 Å². The van der Waals surface area contributed by atoms with Gasteiger partial charge in [-0.25, -0.2) is 0 Å². The highest BCUT2D eigenvalue weighted by molar-refractivity contribution is 6.30. The summed E-state index contributed by atoms with van der Waals surface area (Å²) in [5.41, 5.74) is 0.826. The van der Waals surface area contributed by atoms with E-state index in [4.69, 9.17) is 16.3 Å². The van der Waals surface area contributed by atoms with Crippen LogP contribution in [-0.2, 0) is 9.53 Å². The van der Waals surface area contributed by atoms with E-state index >= 15 is 0 Å². The minimum Gasteiger partial charge on any atom is -0.381 e.